The second-order valence-corrected chi connectivity index (χ2v) is 2.25. The Morgan fingerprint density at radius 2 is 1.57 bits per heavy atom. The van der Waals surface area contributed by atoms with Crippen molar-refractivity contribution in [2.45, 2.75) is 32.5 Å². The Labute approximate surface area is 43.8 Å². The van der Waals surface area contributed by atoms with Gasteiger partial charge < -0.3 is 0 Å². The fourth-order valence-corrected chi connectivity index (χ4v) is 0. The molecular formula is C5H10O2. The molecule has 0 aromatic heterocycles. The molecule has 0 N–H and O–H groups in total. The summed E-state index contributed by atoms with van der Waals surface area (Å²) in [4.78, 5) is 0. The molecule has 2 radical (unpaired) electrons. The van der Waals surface area contributed by atoms with Gasteiger partial charge in [-0.3, -0.25) is 0 Å². The molecule has 2 nitrogen and oxygen atoms in total. The maximum absolute atomic E-state index is 10.5. The van der Waals surface area contributed by atoms with Crippen LogP contribution in [0.4, 0.5) is 0 Å². The van der Waals surface area contributed by atoms with Crippen molar-refractivity contribution >= 4 is 0 Å². The van der Waals surface area contributed by atoms with Gasteiger partial charge in [-0.25, -0.2) is 10.2 Å². The lowest BCUT2D eigenvalue weighted by molar-refractivity contribution is -0.112. The van der Waals surface area contributed by atoms with Crippen LogP contribution in [0.1, 0.15) is 20.8 Å². The third kappa shape index (κ3) is 2.60. The van der Waals surface area contributed by atoms with Crippen LogP contribution in [0.5, 0.6) is 0 Å². The molecule has 0 aliphatic rings. The van der Waals surface area contributed by atoms with Gasteiger partial charge in [0.05, 0.1) is 0 Å². The van der Waals surface area contributed by atoms with Gasteiger partial charge in [0.25, 0.3) is 0 Å². The number of rotatable bonds is 1. The molecule has 0 saturated carbocycles. The average Bonchev–Trinajstić information content (AvgIpc) is 1.31. The zero-order valence-corrected chi connectivity index (χ0v) is 4.89. The van der Waals surface area contributed by atoms with Crippen LogP contribution in [0.25, 0.3) is 0 Å². The van der Waals surface area contributed by atoms with E-state index in [9.17, 15) is 10.2 Å². The van der Waals surface area contributed by atoms with Crippen LogP contribution in [-0.2, 0) is 10.2 Å². The normalized spacial score (nSPS) is 16.7. The zero-order valence-electron chi connectivity index (χ0n) is 4.89. The summed E-state index contributed by atoms with van der Waals surface area (Å²) < 4.78 is 0. The fourth-order valence-electron chi connectivity index (χ4n) is 0. The SMILES string of the molecule is CC([O])C(C)(C)[O]. The van der Waals surface area contributed by atoms with E-state index in [2.05, 4.69) is 0 Å². The summed E-state index contributed by atoms with van der Waals surface area (Å²) in [5.74, 6) is 0. The number of hydrogen-bond donors (Lipinski definition) is 0. The standard InChI is InChI=1S/C5H10O2/c1-4(6)5(2,3)7/h4H,1-3H3. The summed E-state index contributed by atoms with van der Waals surface area (Å²) in [5.41, 5.74) is -1.31. The number of hydrogen-bond acceptors (Lipinski definition) is 0. The van der Waals surface area contributed by atoms with E-state index in [0.29, 0.717) is 0 Å². The van der Waals surface area contributed by atoms with E-state index in [-0.39, 0.29) is 0 Å². The van der Waals surface area contributed by atoms with Crippen molar-refractivity contribution in [1.29, 1.82) is 0 Å². The van der Waals surface area contributed by atoms with E-state index < -0.39 is 11.7 Å². The highest BCUT2D eigenvalue weighted by Gasteiger charge is 2.23. The smallest absolute Gasteiger partial charge is 0.127 e. The minimum Gasteiger partial charge on any atom is -0.230 e. The molecule has 7 heavy (non-hydrogen) atoms. The molecule has 0 bridgehead atoms. The summed E-state index contributed by atoms with van der Waals surface area (Å²) in [6.07, 6.45) is -1.01. The van der Waals surface area contributed by atoms with Gasteiger partial charge in [-0.2, -0.15) is 0 Å². The van der Waals surface area contributed by atoms with Crippen molar-refractivity contribution in [3.8, 4) is 0 Å². The van der Waals surface area contributed by atoms with Gasteiger partial charge in [-0.15, -0.1) is 0 Å². The molecule has 0 amide bonds. The van der Waals surface area contributed by atoms with Crippen LogP contribution in [0, 0.1) is 0 Å². The minimum absolute atomic E-state index is 1.01. The lowest BCUT2D eigenvalue weighted by Crippen LogP contribution is -2.30. The monoisotopic (exact) mass is 102 g/mol. The van der Waals surface area contributed by atoms with Crippen LogP contribution >= 0.6 is 0 Å². The molecule has 0 aliphatic carbocycles. The Morgan fingerprint density at radius 3 is 1.57 bits per heavy atom. The minimum atomic E-state index is -1.31. The van der Waals surface area contributed by atoms with Crippen molar-refractivity contribution in [1.82, 2.24) is 0 Å². The predicted octanol–water partition coefficient (Wildman–Crippen LogP) is 1.01. The first-order valence-corrected chi connectivity index (χ1v) is 2.31. The van der Waals surface area contributed by atoms with Gasteiger partial charge in [0, 0.05) is 0 Å². The topological polar surface area (TPSA) is 39.8 Å². The lowest BCUT2D eigenvalue weighted by Gasteiger charge is -2.14. The first-order valence-electron chi connectivity index (χ1n) is 2.31. The highest BCUT2D eigenvalue weighted by molar-refractivity contribution is 4.69. The summed E-state index contributed by atoms with van der Waals surface area (Å²) in [6.45, 7) is 4.17. The maximum Gasteiger partial charge on any atom is 0.127 e. The average molecular weight is 102 g/mol. The van der Waals surface area contributed by atoms with Gasteiger partial charge in [0.15, 0.2) is 0 Å². The van der Waals surface area contributed by atoms with E-state index in [0.717, 1.165) is 0 Å². The quantitative estimate of drug-likeness (QED) is 0.474. The van der Waals surface area contributed by atoms with E-state index in [1.54, 1.807) is 0 Å². The van der Waals surface area contributed by atoms with E-state index in [4.69, 9.17) is 0 Å². The van der Waals surface area contributed by atoms with Gasteiger partial charge >= 0.3 is 0 Å². The second kappa shape index (κ2) is 1.80. The molecular weight excluding hydrogens is 92.1 g/mol. The highest BCUT2D eigenvalue weighted by atomic mass is 16.3. The van der Waals surface area contributed by atoms with Crippen LogP contribution in [-0.4, -0.2) is 11.7 Å². The van der Waals surface area contributed by atoms with Gasteiger partial charge in [0.2, 0.25) is 0 Å². The Bertz CT molecular complexity index is 51.6. The third-order valence-electron chi connectivity index (χ3n) is 0.979. The van der Waals surface area contributed by atoms with Gasteiger partial charge in [0.1, 0.15) is 11.7 Å². The first-order chi connectivity index (χ1) is 2.94. The van der Waals surface area contributed by atoms with E-state index >= 15 is 0 Å². The van der Waals surface area contributed by atoms with Crippen LogP contribution in [0.3, 0.4) is 0 Å². The molecule has 0 spiro atoms. The molecule has 0 heterocycles. The van der Waals surface area contributed by atoms with Gasteiger partial charge in [-0.05, 0) is 20.8 Å². The third-order valence-corrected chi connectivity index (χ3v) is 0.979. The highest BCUT2D eigenvalue weighted by Crippen LogP contribution is 2.07. The van der Waals surface area contributed by atoms with Crippen LogP contribution in [0.2, 0.25) is 0 Å². The molecule has 0 saturated heterocycles. The Balaban J connectivity index is 3.54. The van der Waals surface area contributed by atoms with E-state index in [1.165, 1.54) is 20.8 Å². The summed E-state index contributed by atoms with van der Waals surface area (Å²) >= 11 is 0. The van der Waals surface area contributed by atoms with Crippen LogP contribution in [0.15, 0.2) is 0 Å². The Hall–Kier alpha value is -0.0800. The van der Waals surface area contributed by atoms with Crippen molar-refractivity contribution < 1.29 is 10.2 Å². The second-order valence-electron chi connectivity index (χ2n) is 2.25. The largest absolute Gasteiger partial charge is 0.230 e. The molecule has 1 unspecified atom stereocenters. The van der Waals surface area contributed by atoms with Crippen LogP contribution < -0.4 is 0 Å². The Kier molecular flexibility index (Phi) is 1.78. The fraction of sp³-hybridized carbons (Fsp3) is 1.00. The molecule has 1 atom stereocenters. The molecule has 0 fully saturated rings. The van der Waals surface area contributed by atoms with Crippen molar-refractivity contribution in [2.24, 2.45) is 0 Å². The van der Waals surface area contributed by atoms with Crippen molar-refractivity contribution in [3.63, 3.8) is 0 Å². The molecule has 0 rings (SSSR count). The molecule has 2 heteroatoms. The van der Waals surface area contributed by atoms with E-state index in [1.807, 2.05) is 0 Å². The lowest BCUT2D eigenvalue weighted by atomic mass is 10.0. The Morgan fingerprint density at radius 1 is 1.43 bits per heavy atom. The molecule has 0 aliphatic heterocycles. The summed E-state index contributed by atoms with van der Waals surface area (Å²) in [7, 11) is 0. The van der Waals surface area contributed by atoms with Crippen molar-refractivity contribution in [2.75, 3.05) is 0 Å². The molecule has 42 valence electrons. The summed E-state index contributed by atoms with van der Waals surface area (Å²) in [5, 5.41) is 20.7. The zero-order chi connectivity index (χ0) is 6.08. The van der Waals surface area contributed by atoms with Gasteiger partial charge in [-0.1, -0.05) is 0 Å². The van der Waals surface area contributed by atoms with Crippen molar-refractivity contribution in [3.05, 3.63) is 0 Å². The molecule has 0 aromatic rings. The predicted molar refractivity (Wildman–Crippen MR) is 24.9 cm³/mol. The maximum atomic E-state index is 10.5. The molecule has 0 aromatic carbocycles. The summed E-state index contributed by atoms with van der Waals surface area (Å²) in [6, 6.07) is 0. The first kappa shape index (κ1) is 6.92.